The summed E-state index contributed by atoms with van der Waals surface area (Å²) in [4.78, 5) is 14.3. The number of benzene rings is 1. The Morgan fingerprint density at radius 2 is 2.16 bits per heavy atom. The second-order valence-electron chi connectivity index (χ2n) is 5.57. The molecule has 0 aliphatic carbocycles. The van der Waals surface area contributed by atoms with Gasteiger partial charge in [0.15, 0.2) is 0 Å². The van der Waals surface area contributed by atoms with E-state index in [1.54, 1.807) is 0 Å². The van der Waals surface area contributed by atoms with Gasteiger partial charge in [0.25, 0.3) is 0 Å². The molecule has 0 spiro atoms. The van der Waals surface area contributed by atoms with Gasteiger partial charge in [-0.25, -0.2) is 0 Å². The highest BCUT2D eigenvalue weighted by molar-refractivity contribution is 5.92. The second-order valence-corrected chi connectivity index (χ2v) is 5.57. The van der Waals surface area contributed by atoms with Crippen molar-refractivity contribution >= 4 is 11.6 Å². The first kappa shape index (κ1) is 12.6. The fraction of sp³-hybridized carbons (Fsp3) is 0.533. The first-order chi connectivity index (χ1) is 9.31. The first-order valence-corrected chi connectivity index (χ1v) is 7.12. The van der Waals surface area contributed by atoms with Crippen LogP contribution in [0.15, 0.2) is 30.3 Å². The van der Waals surface area contributed by atoms with Crippen molar-refractivity contribution in [2.75, 3.05) is 31.5 Å². The van der Waals surface area contributed by atoms with Crippen LogP contribution in [0.25, 0.3) is 0 Å². The fourth-order valence-corrected chi connectivity index (χ4v) is 3.19. The Balaban J connectivity index is 1.50. The number of anilines is 1. The first-order valence-electron chi connectivity index (χ1n) is 7.12. The summed E-state index contributed by atoms with van der Waals surface area (Å²) in [5, 5.41) is 6.51. The molecule has 2 aliphatic rings. The fourth-order valence-electron chi connectivity index (χ4n) is 3.19. The van der Waals surface area contributed by atoms with Crippen molar-refractivity contribution in [2.45, 2.75) is 18.9 Å². The summed E-state index contributed by atoms with van der Waals surface area (Å²) < 4.78 is 0. The van der Waals surface area contributed by atoms with Crippen LogP contribution in [0, 0.1) is 5.92 Å². The number of carbonyl (C=O) groups excluding carboxylic acids is 1. The molecule has 4 heteroatoms. The van der Waals surface area contributed by atoms with Gasteiger partial charge in [-0.15, -0.1) is 0 Å². The number of rotatable bonds is 3. The molecule has 19 heavy (non-hydrogen) atoms. The maximum atomic E-state index is 12.0. The lowest BCUT2D eigenvalue weighted by atomic mass is 9.94. The summed E-state index contributed by atoms with van der Waals surface area (Å²) in [6.07, 6.45) is 2.57. The summed E-state index contributed by atoms with van der Waals surface area (Å²) in [5.74, 6) is 0.822. The Bertz CT molecular complexity index is 420. The van der Waals surface area contributed by atoms with Gasteiger partial charge in [-0.3, -0.25) is 9.69 Å². The molecular formula is C15H21N3O. The Morgan fingerprint density at radius 3 is 2.95 bits per heavy atom. The van der Waals surface area contributed by atoms with Crippen LogP contribution >= 0.6 is 0 Å². The molecule has 2 N–H and O–H groups in total. The van der Waals surface area contributed by atoms with E-state index in [-0.39, 0.29) is 5.91 Å². The van der Waals surface area contributed by atoms with Crippen LogP contribution < -0.4 is 10.6 Å². The van der Waals surface area contributed by atoms with E-state index in [9.17, 15) is 4.79 Å². The molecule has 2 atom stereocenters. The zero-order chi connectivity index (χ0) is 13.1. The normalized spacial score (nSPS) is 26.9. The average molecular weight is 259 g/mol. The van der Waals surface area contributed by atoms with E-state index >= 15 is 0 Å². The highest BCUT2D eigenvalue weighted by Gasteiger charge is 2.34. The number of nitrogens with one attached hydrogen (secondary N) is 2. The van der Waals surface area contributed by atoms with E-state index in [4.69, 9.17) is 0 Å². The molecule has 0 bridgehead atoms. The van der Waals surface area contributed by atoms with E-state index in [2.05, 4.69) is 15.5 Å². The van der Waals surface area contributed by atoms with Crippen LogP contribution in [0.1, 0.15) is 12.8 Å². The largest absolute Gasteiger partial charge is 0.325 e. The van der Waals surface area contributed by atoms with Crippen molar-refractivity contribution in [1.82, 2.24) is 10.2 Å². The number of nitrogens with zero attached hydrogens (tertiary/aromatic N) is 1. The topological polar surface area (TPSA) is 44.4 Å². The average Bonchev–Trinajstić information content (AvgIpc) is 2.81. The number of likely N-dealkylation sites (tertiary alicyclic amines) is 1. The minimum atomic E-state index is 0.0878. The lowest BCUT2D eigenvalue weighted by Gasteiger charge is -2.24. The van der Waals surface area contributed by atoms with Crippen molar-refractivity contribution in [3.63, 3.8) is 0 Å². The number of hydrogen-bond donors (Lipinski definition) is 2. The van der Waals surface area contributed by atoms with Crippen LogP contribution in [0.3, 0.4) is 0 Å². The molecule has 4 nitrogen and oxygen atoms in total. The van der Waals surface area contributed by atoms with E-state index in [0.29, 0.717) is 12.6 Å². The molecule has 2 unspecified atom stereocenters. The summed E-state index contributed by atoms with van der Waals surface area (Å²) in [7, 11) is 0. The zero-order valence-corrected chi connectivity index (χ0v) is 11.1. The third-order valence-electron chi connectivity index (χ3n) is 4.10. The number of hydrogen-bond acceptors (Lipinski definition) is 3. The van der Waals surface area contributed by atoms with Crippen molar-refractivity contribution < 1.29 is 4.79 Å². The van der Waals surface area contributed by atoms with Gasteiger partial charge in [-0.1, -0.05) is 18.2 Å². The molecule has 0 saturated carbocycles. The lowest BCUT2D eigenvalue weighted by molar-refractivity contribution is -0.117. The van der Waals surface area contributed by atoms with Gasteiger partial charge in [0.05, 0.1) is 6.54 Å². The molecule has 3 rings (SSSR count). The highest BCUT2D eigenvalue weighted by Crippen LogP contribution is 2.24. The molecule has 0 radical (unpaired) electrons. The predicted molar refractivity (Wildman–Crippen MR) is 76.0 cm³/mol. The van der Waals surface area contributed by atoms with Crippen LogP contribution in [0.4, 0.5) is 5.69 Å². The molecule has 2 aliphatic heterocycles. The van der Waals surface area contributed by atoms with Gasteiger partial charge in [0, 0.05) is 24.8 Å². The van der Waals surface area contributed by atoms with E-state index in [1.165, 1.54) is 12.8 Å². The summed E-state index contributed by atoms with van der Waals surface area (Å²) in [6.45, 7) is 3.70. The predicted octanol–water partition coefficient (Wildman–Crippen LogP) is 1.31. The molecule has 2 heterocycles. The molecule has 0 aromatic heterocycles. The van der Waals surface area contributed by atoms with Gasteiger partial charge in [-0.05, 0) is 37.4 Å². The standard InChI is InChI=1S/C15H21N3O/c19-15(17-13-6-2-1-3-7-13)11-18-9-12-5-4-8-16-14(12)10-18/h1-3,6-7,12,14,16H,4-5,8-11H2,(H,17,19). The number of para-hydroxylation sites is 1. The minimum Gasteiger partial charge on any atom is -0.325 e. The smallest absolute Gasteiger partial charge is 0.238 e. The molecule has 1 amide bonds. The Morgan fingerprint density at radius 1 is 1.32 bits per heavy atom. The van der Waals surface area contributed by atoms with Crippen molar-refractivity contribution in [2.24, 2.45) is 5.92 Å². The van der Waals surface area contributed by atoms with Crippen molar-refractivity contribution in [3.05, 3.63) is 30.3 Å². The molecule has 2 fully saturated rings. The van der Waals surface area contributed by atoms with Gasteiger partial charge < -0.3 is 10.6 Å². The number of piperidine rings is 1. The van der Waals surface area contributed by atoms with Gasteiger partial charge in [0.1, 0.15) is 0 Å². The molecule has 102 valence electrons. The number of carbonyl (C=O) groups is 1. The van der Waals surface area contributed by atoms with E-state index < -0.39 is 0 Å². The summed E-state index contributed by atoms with van der Waals surface area (Å²) >= 11 is 0. The van der Waals surface area contributed by atoms with Crippen LogP contribution in [0.2, 0.25) is 0 Å². The van der Waals surface area contributed by atoms with Crippen LogP contribution in [-0.4, -0.2) is 43.0 Å². The van der Waals surface area contributed by atoms with Crippen molar-refractivity contribution in [1.29, 1.82) is 0 Å². The van der Waals surface area contributed by atoms with Gasteiger partial charge in [-0.2, -0.15) is 0 Å². The zero-order valence-electron chi connectivity index (χ0n) is 11.1. The Labute approximate surface area is 114 Å². The molecular weight excluding hydrogens is 238 g/mol. The van der Waals surface area contributed by atoms with Crippen LogP contribution in [-0.2, 0) is 4.79 Å². The molecule has 1 aromatic carbocycles. The molecule has 1 aromatic rings. The SMILES string of the molecule is O=C(CN1CC2CCCNC2C1)Nc1ccccc1. The third-order valence-corrected chi connectivity index (χ3v) is 4.10. The molecule has 2 saturated heterocycles. The monoisotopic (exact) mass is 259 g/mol. The maximum Gasteiger partial charge on any atom is 0.238 e. The highest BCUT2D eigenvalue weighted by atomic mass is 16.2. The number of fused-ring (bicyclic) bond motifs is 1. The van der Waals surface area contributed by atoms with E-state index in [0.717, 1.165) is 31.2 Å². The Kier molecular flexibility index (Phi) is 3.80. The summed E-state index contributed by atoms with van der Waals surface area (Å²) in [5.41, 5.74) is 0.877. The number of amides is 1. The van der Waals surface area contributed by atoms with E-state index in [1.807, 2.05) is 30.3 Å². The maximum absolute atomic E-state index is 12.0. The lowest BCUT2D eigenvalue weighted by Crippen LogP contribution is -2.41. The second kappa shape index (κ2) is 5.72. The van der Waals surface area contributed by atoms with Gasteiger partial charge >= 0.3 is 0 Å². The van der Waals surface area contributed by atoms with Crippen LogP contribution in [0.5, 0.6) is 0 Å². The quantitative estimate of drug-likeness (QED) is 0.860. The summed E-state index contributed by atoms with van der Waals surface area (Å²) in [6, 6.07) is 10.3. The van der Waals surface area contributed by atoms with Gasteiger partial charge in [0.2, 0.25) is 5.91 Å². The third kappa shape index (κ3) is 3.14. The Hall–Kier alpha value is -1.39. The minimum absolute atomic E-state index is 0.0878. The van der Waals surface area contributed by atoms with Crippen molar-refractivity contribution in [3.8, 4) is 0 Å².